The molecule has 92 valence electrons. The van der Waals surface area contributed by atoms with Gasteiger partial charge in [-0.05, 0) is 24.2 Å². The molecule has 0 spiro atoms. The van der Waals surface area contributed by atoms with E-state index >= 15 is 0 Å². The van der Waals surface area contributed by atoms with Crippen molar-refractivity contribution in [3.63, 3.8) is 0 Å². The molecule has 0 saturated carbocycles. The summed E-state index contributed by atoms with van der Waals surface area (Å²) in [6.07, 6.45) is 2.19. The summed E-state index contributed by atoms with van der Waals surface area (Å²) < 4.78 is 0. The lowest BCUT2D eigenvalue weighted by molar-refractivity contribution is -0.120. The Bertz CT molecular complexity index is 365. The molecule has 1 saturated heterocycles. The van der Waals surface area contributed by atoms with Gasteiger partial charge in [0.1, 0.15) is 0 Å². The highest BCUT2D eigenvalue weighted by molar-refractivity contribution is 9.09. The normalized spacial score (nSPS) is 21.1. The van der Waals surface area contributed by atoms with E-state index in [-0.39, 0.29) is 16.0 Å². The highest BCUT2D eigenvalue weighted by Gasteiger charge is 2.23. The number of benzene rings is 1. The first-order valence-corrected chi connectivity index (χ1v) is 7.82. The van der Waals surface area contributed by atoms with Crippen LogP contribution in [0.15, 0.2) is 30.3 Å². The second kappa shape index (κ2) is 6.45. The molecule has 1 N–H and O–H groups in total. The zero-order chi connectivity index (χ0) is 12.1. The highest BCUT2D eigenvalue weighted by Crippen LogP contribution is 2.26. The van der Waals surface area contributed by atoms with Crippen LogP contribution in [0.5, 0.6) is 0 Å². The number of rotatable bonds is 4. The lowest BCUT2D eigenvalue weighted by Gasteiger charge is -2.14. The van der Waals surface area contributed by atoms with E-state index in [0.29, 0.717) is 6.54 Å². The Morgan fingerprint density at radius 3 is 2.88 bits per heavy atom. The lowest BCUT2D eigenvalue weighted by atomic mass is 10.1. The minimum atomic E-state index is 0.172. The fraction of sp³-hybridized carbons (Fsp3) is 0.462. The molecule has 4 heteroatoms. The van der Waals surface area contributed by atoms with Crippen LogP contribution in [0.1, 0.15) is 23.2 Å². The van der Waals surface area contributed by atoms with Crippen molar-refractivity contribution in [2.75, 3.05) is 12.3 Å². The molecule has 1 aliphatic heterocycles. The molecule has 17 heavy (non-hydrogen) atoms. The quantitative estimate of drug-likeness (QED) is 0.865. The average molecular weight is 314 g/mol. The molecule has 1 aromatic rings. The van der Waals surface area contributed by atoms with E-state index in [0.717, 1.165) is 12.2 Å². The predicted molar refractivity (Wildman–Crippen MR) is 76.6 cm³/mol. The zero-order valence-corrected chi connectivity index (χ0v) is 12.0. The third-order valence-corrected chi connectivity index (χ3v) is 5.07. The van der Waals surface area contributed by atoms with Crippen LogP contribution in [0, 0.1) is 0 Å². The van der Waals surface area contributed by atoms with Crippen LogP contribution in [-0.4, -0.2) is 23.5 Å². The van der Waals surface area contributed by atoms with E-state index in [1.807, 2.05) is 18.2 Å². The average Bonchev–Trinajstić information content (AvgIpc) is 2.90. The van der Waals surface area contributed by atoms with Gasteiger partial charge in [-0.25, -0.2) is 0 Å². The molecule has 2 rings (SSSR count). The van der Waals surface area contributed by atoms with Gasteiger partial charge in [0.2, 0.25) is 5.91 Å². The Morgan fingerprint density at radius 2 is 2.24 bits per heavy atom. The molecule has 2 atom stereocenters. The smallest absolute Gasteiger partial charge is 0.233 e. The Hall–Kier alpha value is -0.480. The van der Waals surface area contributed by atoms with Crippen molar-refractivity contribution in [3.8, 4) is 0 Å². The van der Waals surface area contributed by atoms with Gasteiger partial charge in [0, 0.05) is 6.54 Å². The standard InChI is InChI=1S/C13H16BrNOS/c14-11(10-5-2-1-3-6-10)9-15-13(16)12-7-4-8-17-12/h1-3,5-6,11-12H,4,7-9H2,(H,15,16). The molecule has 2 unspecified atom stereocenters. The Labute approximate surface area is 115 Å². The molecule has 1 heterocycles. The van der Waals surface area contributed by atoms with E-state index in [9.17, 15) is 4.79 Å². The largest absolute Gasteiger partial charge is 0.354 e. The van der Waals surface area contributed by atoms with Gasteiger partial charge >= 0.3 is 0 Å². The van der Waals surface area contributed by atoms with Gasteiger partial charge in [0.25, 0.3) is 0 Å². The summed E-state index contributed by atoms with van der Waals surface area (Å²) in [5, 5.41) is 3.19. The highest BCUT2D eigenvalue weighted by atomic mass is 79.9. The predicted octanol–water partition coefficient (Wildman–Crippen LogP) is 3.13. The molecule has 1 aliphatic rings. The lowest BCUT2D eigenvalue weighted by Crippen LogP contribution is -2.33. The van der Waals surface area contributed by atoms with Gasteiger partial charge in [-0.3, -0.25) is 4.79 Å². The molecule has 0 bridgehead atoms. The second-order valence-electron chi connectivity index (χ2n) is 4.13. The van der Waals surface area contributed by atoms with Crippen LogP contribution >= 0.6 is 27.7 Å². The van der Waals surface area contributed by atoms with Crippen LogP contribution in [0.2, 0.25) is 0 Å². The first kappa shape index (κ1) is 13.0. The first-order valence-electron chi connectivity index (χ1n) is 5.85. The van der Waals surface area contributed by atoms with Crippen LogP contribution in [0.3, 0.4) is 0 Å². The number of thioether (sulfide) groups is 1. The van der Waals surface area contributed by atoms with Crippen molar-refractivity contribution >= 4 is 33.6 Å². The summed E-state index contributed by atoms with van der Waals surface area (Å²) in [4.78, 5) is 12.0. The van der Waals surface area contributed by atoms with Crippen molar-refractivity contribution in [2.45, 2.75) is 22.9 Å². The summed E-state index contributed by atoms with van der Waals surface area (Å²) in [6.45, 7) is 0.653. The van der Waals surface area contributed by atoms with E-state index in [1.54, 1.807) is 11.8 Å². The second-order valence-corrected chi connectivity index (χ2v) is 6.54. The maximum absolute atomic E-state index is 11.8. The number of hydrogen-bond donors (Lipinski definition) is 1. The monoisotopic (exact) mass is 313 g/mol. The molecule has 2 nitrogen and oxygen atoms in total. The van der Waals surface area contributed by atoms with Crippen molar-refractivity contribution in [2.24, 2.45) is 0 Å². The third kappa shape index (κ3) is 3.75. The number of alkyl halides is 1. The molecule has 0 aliphatic carbocycles. The fourth-order valence-electron chi connectivity index (χ4n) is 1.87. The maximum atomic E-state index is 11.8. The minimum Gasteiger partial charge on any atom is -0.354 e. The number of amides is 1. The van der Waals surface area contributed by atoms with Crippen molar-refractivity contribution in [1.29, 1.82) is 0 Å². The number of nitrogens with one attached hydrogen (secondary N) is 1. The summed E-state index contributed by atoms with van der Waals surface area (Å²) in [5.74, 6) is 1.31. The van der Waals surface area contributed by atoms with Crippen molar-refractivity contribution < 1.29 is 4.79 Å². The van der Waals surface area contributed by atoms with Crippen LogP contribution in [0.4, 0.5) is 0 Å². The Kier molecular flexibility index (Phi) is 4.92. The minimum absolute atomic E-state index is 0.172. The molecule has 1 amide bonds. The van der Waals surface area contributed by atoms with Crippen LogP contribution < -0.4 is 5.32 Å². The third-order valence-electron chi connectivity index (χ3n) is 2.84. The van der Waals surface area contributed by atoms with Crippen LogP contribution in [-0.2, 0) is 4.79 Å². The number of hydrogen-bond acceptors (Lipinski definition) is 2. The summed E-state index contributed by atoms with van der Waals surface area (Å²) in [5.41, 5.74) is 1.20. The first-order chi connectivity index (χ1) is 8.27. The van der Waals surface area contributed by atoms with Gasteiger partial charge in [0.15, 0.2) is 0 Å². The van der Waals surface area contributed by atoms with E-state index in [4.69, 9.17) is 0 Å². The van der Waals surface area contributed by atoms with Gasteiger partial charge in [-0.15, -0.1) is 11.8 Å². The molecular weight excluding hydrogens is 298 g/mol. The summed E-state index contributed by atoms with van der Waals surface area (Å²) in [7, 11) is 0. The molecule has 1 aromatic carbocycles. The molecule has 0 radical (unpaired) electrons. The van der Waals surface area contributed by atoms with Gasteiger partial charge in [-0.2, -0.15) is 0 Å². The van der Waals surface area contributed by atoms with E-state index < -0.39 is 0 Å². The number of carbonyl (C=O) groups is 1. The van der Waals surface area contributed by atoms with E-state index in [1.165, 1.54) is 12.0 Å². The SMILES string of the molecule is O=C(NCC(Br)c1ccccc1)C1CCCS1. The van der Waals surface area contributed by atoms with Crippen molar-refractivity contribution in [1.82, 2.24) is 5.32 Å². The number of halogens is 1. The summed E-state index contributed by atoms with van der Waals surface area (Å²) in [6, 6.07) is 10.2. The zero-order valence-electron chi connectivity index (χ0n) is 9.56. The van der Waals surface area contributed by atoms with Gasteiger partial charge in [0.05, 0.1) is 10.1 Å². The van der Waals surface area contributed by atoms with E-state index in [2.05, 4.69) is 33.4 Å². The van der Waals surface area contributed by atoms with Crippen LogP contribution in [0.25, 0.3) is 0 Å². The van der Waals surface area contributed by atoms with Gasteiger partial charge in [-0.1, -0.05) is 46.3 Å². The number of carbonyl (C=O) groups excluding carboxylic acids is 1. The molecular formula is C13H16BrNOS. The maximum Gasteiger partial charge on any atom is 0.233 e. The molecule has 0 aromatic heterocycles. The fourth-order valence-corrected chi connectivity index (χ4v) is 3.52. The summed E-state index contributed by atoms with van der Waals surface area (Å²) >= 11 is 5.37. The Morgan fingerprint density at radius 1 is 1.47 bits per heavy atom. The van der Waals surface area contributed by atoms with Gasteiger partial charge < -0.3 is 5.32 Å². The van der Waals surface area contributed by atoms with Crippen molar-refractivity contribution in [3.05, 3.63) is 35.9 Å². The Balaban J connectivity index is 1.80. The topological polar surface area (TPSA) is 29.1 Å². The molecule has 1 fully saturated rings.